The van der Waals surface area contributed by atoms with Crippen LogP contribution >= 0.6 is 11.8 Å². The van der Waals surface area contributed by atoms with Crippen LogP contribution in [0.25, 0.3) is 23.1 Å². The zero-order valence-corrected chi connectivity index (χ0v) is 24.7. The zero-order valence-electron chi connectivity index (χ0n) is 23.9. The number of hydrogen-bond acceptors (Lipinski definition) is 6. The molecule has 6 rings (SSSR count). The molecule has 1 unspecified atom stereocenters. The third kappa shape index (κ3) is 6.43. The number of fused-ring (bicyclic) bond motifs is 1. The van der Waals surface area contributed by atoms with Crippen molar-refractivity contribution in [3.8, 4) is 0 Å². The molecule has 2 aromatic carbocycles. The van der Waals surface area contributed by atoms with Crippen LogP contribution in [0.1, 0.15) is 72.6 Å². The second-order valence-corrected chi connectivity index (χ2v) is 11.9. The van der Waals surface area contributed by atoms with Crippen LogP contribution in [0, 0.1) is 5.82 Å². The molecule has 4 aromatic rings. The molecular formula is C33H36FN5O2S. The molecule has 0 saturated carbocycles. The Hall–Kier alpha value is -3.53. The molecule has 2 saturated heterocycles. The number of carbonyl (C=O) groups excluding carboxylic acids is 1. The van der Waals surface area contributed by atoms with Crippen LogP contribution in [0.2, 0.25) is 0 Å². The van der Waals surface area contributed by atoms with Gasteiger partial charge in [0.25, 0.3) is 5.91 Å². The first-order chi connectivity index (χ1) is 20.6. The van der Waals surface area contributed by atoms with Crippen LogP contribution < -0.4 is 5.32 Å². The zero-order chi connectivity index (χ0) is 28.9. The first-order valence-corrected chi connectivity index (χ1v) is 15.6. The van der Waals surface area contributed by atoms with Crippen molar-refractivity contribution in [3.63, 3.8) is 0 Å². The van der Waals surface area contributed by atoms with E-state index in [9.17, 15) is 9.18 Å². The predicted octanol–water partition coefficient (Wildman–Crippen LogP) is 6.94. The summed E-state index contributed by atoms with van der Waals surface area (Å²) in [6.07, 6.45) is 11.3. The molecule has 2 aliphatic heterocycles. The molecule has 2 fully saturated rings. The fraction of sp³-hybridized carbons (Fsp3) is 0.364. The van der Waals surface area contributed by atoms with Gasteiger partial charge in [0.1, 0.15) is 5.82 Å². The van der Waals surface area contributed by atoms with E-state index in [1.165, 1.54) is 36.2 Å². The number of pyridine rings is 1. The Morgan fingerprint density at radius 1 is 1.12 bits per heavy atom. The Morgan fingerprint density at radius 3 is 2.81 bits per heavy atom. The van der Waals surface area contributed by atoms with Crippen molar-refractivity contribution in [1.82, 2.24) is 25.0 Å². The van der Waals surface area contributed by atoms with E-state index in [-0.39, 0.29) is 12.1 Å². The molecule has 0 spiro atoms. The molecule has 4 heterocycles. The van der Waals surface area contributed by atoms with Crippen molar-refractivity contribution >= 4 is 40.7 Å². The maximum Gasteiger partial charge on any atom is 0.252 e. The Kier molecular flexibility index (Phi) is 8.98. The van der Waals surface area contributed by atoms with Crippen LogP contribution in [0.4, 0.5) is 4.39 Å². The third-order valence-corrected chi connectivity index (χ3v) is 8.88. The predicted molar refractivity (Wildman–Crippen MR) is 165 cm³/mol. The van der Waals surface area contributed by atoms with Gasteiger partial charge in [-0.15, -0.1) is 0 Å². The highest BCUT2D eigenvalue weighted by atomic mass is 32.2. The van der Waals surface area contributed by atoms with Crippen LogP contribution in [0.5, 0.6) is 0 Å². The highest BCUT2D eigenvalue weighted by Gasteiger charge is 2.22. The lowest BCUT2D eigenvalue weighted by molar-refractivity contribution is -0.0367. The van der Waals surface area contributed by atoms with Crippen LogP contribution in [-0.4, -0.2) is 51.8 Å². The molecule has 1 amide bonds. The van der Waals surface area contributed by atoms with E-state index in [2.05, 4.69) is 27.3 Å². The smallest absolute Gasteiger partial charge is 0.252 e. The van der Waals surface area contributed by atoms with Gasteiger partial charge in [0.15, 0.2) is 6.23 Å². The number of nitrogens with zero attached hydrogens (tertiary/aromatic N) is 4. The van der Waals surface area contributed by atoms with Gasteiger partial charge < -0.3 is 10.1 Å². The van der Waals surface area contributed by atoms with Crippen LogP contribution in [-0.2, 0) is 11.3 Å². The summed E-state index contributed by atoms with van der Waals surface area (Å²) in [7, 11) is 0. The Bertz CT molecular complexity index is 1590. The minimum Gasteiger partial charge on any atom is -0.356 e. The van der Waals surface area contributed by atoms with Gasteiger partial charge in [-0.1, -0.05) is 17.8 Å². The molecule has 218 valence electrons. The van der Waals surface area contributed by atoms with Crippen LogP contribution in [0.15, 0.2) is 64.5 Å². The van der Waals surface area contributed by atoms with Gasteiger partial charge in [0.05, 0.1) is 27.4 Å². The van der Waals surface area contributed by atoms with E-state index < -0.39 is 5.82 Å². The molecule has 2 aromatic heterocycles. The largest absolute Gasteiger partial charge is 0.356 e. The second-order valence-electron chi connectivity index (χ2n) is 10.8. The Balaban J connectivity index is 1.32. The number of likely N-dealkylation sites (tertiary alicyclic amines) is 1. The lowest BCUT2D eigenvalue weighted by Crippen LogP contribution is -2.23. The van der Waals surface area contributed by atoms with E-state index >= 15 is 0 Å². The first-order valence-electron chi connectivity index (χ1n) is 14.8. The van der Waals surface area contributed by atoms with Gasteiger partial charge in [-0.3, -0.25) is 14.7 Å². The summed E-state index contributed by atoms with van der Waals surface area (Å²) in [5.74, 6) is -0.706. The summed E-state index contributed by atoms with van der Waals surface area (Å²) >= 11 is 1.25. The number of nitrogens with one attached hydrogen (secondary N) is 1. The summed E-state index contributed by atoms with van der Waals surface area (Å²) < 4.78 is 23.1. The van der Waals surface area contributed by atoms with Gasteiger partial charge in [0.2, 0.25) is 0 Å². The van der Waals surface area contributed by atoms with E-state index in [1.54, 1.807) is 12.1 Å². The molecule has 2 aliphatic rings. The SMILES string of the molecule is CCNC(=O)c1cccc(F)c1Sc1ccc2c(/C=C/c3cc(CN4CCCC4)ccn3)nn(C3CCCCO3)c2c1. The quantitative estimate of drug-likeness (QED) is 0.230. The highest BCUT2D eigenvalue weighted by Crippen LogP contribution is 2.37. The monoisotopic (exact) mass is 585 g/mol. The average Bonchev–Trinajstić information content (AvgIpc) is 3.65. The lowest BCUT2D eigenvalue weighted by atomic mass is 10.1. The molecule has 9 heteroatoms. The van der Waals surface area contributed by atoms with E-state index in [0.29, 0.717) is 23.6 Å². The summed E-state index contributed by atoms with van der Waals surface area (Å²) in [4.78, 5) is 20.8. The third-order valence-electron chi connectivity index (χ3n) is 7.77. The minimum absolute atomic E-state index is 0.162. The topological polar surface area (TPSA) is 72.3 Å². The van der Waals surface area contributed by atoms with Gasteiger partial charge in [-0.2, -0.15) is 5.10 Å². The van der Waals surface area contributed by atoms with Gasteiger partial charge in [-0.05, 0) is 112 Å². The maximum atomic E-state index is 15.0. The number of hydrogen-bond donors (Lipinski definition) is 1. The van der Waals surface area contributed by atoms with Crippen molar-refractivity contribution in [3.05, 3.63) is 83.1 Å². The first kappa shape index (κ1) is 28.6. The fourth-order valence-corrected chi connectivity index (χ4v) is 6.65. The number of benzene rings is 2. The fourth-order valence-electron chi connectivity index (χ4n) is 5.68. The standard InChI is InChI=1S/C33H36FN5O2S/c1-2-35-33(40)27-8-7-9-28(34)32(27)42-25-12-13-26-29(37-39(30(26)21-25)31-10-3-6-19-41-31)14-11-24-20-23(15-16-36-24)22-38-17-4-5-18-38/h7-9,11-16,20-21,31H,2-6,10,17-19,22H2,1H3,(H,35,40)/b14-11+. The number of amides is 1. The summed E-state index contributed by atoms with van der Waals surface area (Å²) in [6, 6.07) is 14.9. The Labute approximate surface area is 250 Å². The van der Waals surface area contributed by atoms with Gasteiger partial charge >= 0.3 is 0 Å². The van der Waals surface area contributed by atoms with Crippen molar-refractivity contribution in [2.24, 2.45) is 0 Å². The Morgan fingerprint density at radius 2 is 2.00 bits per heavy atom. The molecule has 1 atom stereocenters. The molecule has 7 nitrogen and oxygen atoms in total. The summed E-state index contributed by atoms with van der Waals surface area (Å²) in [5.41, 5.74) is 4.23. The van der Waals surface area contributed by atoms with Gasteiger partial charge in [-0.25, -0.2) is 9.07 Å². The summed E-state index contributed by atoms with van der Waals surface area (Å²) in [6.45, 7) is 6.28. The normalized spacial score (nSPS) is 17.8. The number of halogens is 1. The number of aromatic nitrogens is 3. The molecule has 42 heavy (non-hydrogen) atoms. The number of ether oxygens (including phenoxy) is 1. The van der Waals surface area contributed by atoms with Crippen molar-refractivity contribution in [1.29, 1.82) is 0 Å². The lowest BCUT2D eigenvalue weighted by Gasteiger charge is -2.23. The minimum atomic E-state index is -0.420. The molecule has 1 N–H and O–H groups in total. The molecule has 0 bridgehead atoms. The molecule has 0 aliphatic carbocycles. The van der Waals surface area contributed by atoms with Gasteiger partial charge in [0, 0.05) is 36.2 Å². The van der Waals surface area contributed by atoms with Crippen molar-refractivity contribution in [2.45, 2.75) is 61.6 Å². The molecular weight excluding hydrogens is 549 g/mol. The number of carbonyl (C=O) groups is 1. The van der Waals surface area contributed by atoms with Crippen LogP contribution in [0.3, 0.4) is 0 Å². The van der Waals surface area contributed by atoms with Crippen molar-refractivity contribution in [2.75, 3.05) is 26.2 Å². The highest BCUT2D eigenvalue weighted by molar-refractivity contribution is 7.99. The van der Waals surface area contributed by atoms with Crippen molar-refractivity contribution < 1.29 is 13.9 Å². The van der Waals surface area contributed by atoms with E-state index in [1.807, 2.05) is 48.2 Å². The van der Waals surface area contributed by atoms with E-state index in [4.69, 9.17) is 9.84 Å². The summed E-state index contributed by atoms with van der Waals surface area (Å²) in [5, 5.41) is 8.76. The van der Waals surface area contributed by atoms with E-state index in [0.717, 1.165) is 66.1 Å². The second kappa shape index (κ2) is 13.2. The molecule has 0 radical (unpaired) electrons. The maximum absolute atomic E-state index is 15.0. The average molecular weight is 586 g/mol. The number of rotatable bonds is 9.